The fourth-order valence-corrected chi connectivity index (χ4v) is 2.90. The van der Waals surface area contributed by atoms with Gasteiger partial charge < -0.3 is 10.1 Å². The van der Waals surface area contributed by atoms with Gasteiger partial charge in [0.25, 0.3) is 5.91 Å². The second-order valence-electron chi connectivity index (χ2n) is 6.34. The van der Waals surface area contributed by atoms with Gasteiger partial charge in [-0.15, -0.1) is 0 Å². The molecule has 4 nitrogen and oxygen atoms in total. The maximum atomic E-state index is 13.5. The van der Waals surface area contributed by atoms with E-state index in [1.165, 1.54) is 30.2 Å². The molecule has 0 aliphatic heterocycles. The average Bonchev–Trinajstić information content (AvgIpc) is 3.04. The van der Waals surface area contributed by atoms with E-state index in [0.29, 0.717) is 11.3 Å². The van der Waals surface area contributed by atoms with Gasteiger partial charge in [0.05, 0.1) is 5.56 Å². The SMILES string of the molecule is Cc1ccc(C(=O)O[C@@H](C)C(=O)Nc2ccc3c(c2)CCC3)cc1F. The van der Waals surface area contributed by atoms with Crippen molar-refractivity contribution in [3.8, 4) is 0 Å². The number of hydrogen-bond acceptors (Lipinski definition) is 3. The summed E-state index contributed by atoms with van der Waals surface area (Å²) in [5.41, 5.74) is 3.78. The fourth-order valence-electron chi connectivity index (χ4n) is 2.90. The van der Waals surface area contributed by atoms with E-state index in [4.69, 9.17) is 4.74 Å². The number of carbonyl (C=O) groups is 2. The minimum Gasteiger partial charge on any atom is -0.449 e. The second kappa shape index (κ2) is 7.05. The highest BCUT2D eigenvalue weighted by molar-refractivity contribution is 5.97. The van der Waals surface area contributed by atoms with Crippen molar-refractivity contribution >= 4 is 17.6 Å². The van der Waals surface area contributed by atoms with Crippen LogP contribution in [0.3, 0.4) is 0 Å². The first-order valence-electron chi connectivity index (χ1n) is 8.34. The van der Waals surface area contributed by atoms with E-state index in [1.54, 1.807) is 6.92 Å². The number of esters is 1. The zero-order valence-corrected chi connectivity index (χ0v) is 14.3. The summed E-state index contributed by atoms with van der Waals surface area (Å²) >= 11 is 0. The van der Waals surface area contributed by atoms with Crippen LogP contribution in [-0.4, -0.2) is 18.0 Å². The maximum absolute atomic E-state index is 13.5. The normalized spacial score (nSPS) is 13.9. The first-order chi connectivity index (χ1) is 11.9. The standard InChI is InChI=1S/C20H20FNO3/c1-12-6-7-16(11-18(12)21)20(24)25-13(2)19(23)22-17-9-8-14-4-3-5-15(14)10-17/h6-11,13H,3-5H2,1-2H3,(H,22,23)/t13-/m0/s1. The molecule has 5 heteroatoms. The number of fused-ring (bicyclic) bond motifs is 1. The second-order valence-corrected chi connectivity index (χ2v) is 6.34. The Bertz CT molecular complexity index is 832. The van der Waals surface area contributed by atoms with Crippen molar-refractivity contribution < 1.29 is 18.7 Å². The number of benzene rings is 2. The van der Waals surface area contributed by atoms with Crippen molar-refractivity contribution in [2.45, 2.75) is 39.2 Å². The number of aryl methyl sites for hydroxylation is 3. The average molecular weight is 341 g/mol. The van der Waals surface area contributed by atoms with Crippen LogP contribution < -0.4 is 5.32 Å². The van der Waals surface area contributed by atoms with E-state index < -0.39 is 23.8 Å². The largest absolute Gasteiger partial charge is 0.449 e. The van der Waals surface area contributed by atoms with E-state index >= 15 is 0 Å². The molecule has 0 bridgehead atoms. The Morgan fingerprint density at radius 2 is 1.88 bits per heavy atom. The Labute approximate surface area is 146 Å². The first-order valence-corrected chi connectivity index (χ1v) is 8.34. The van der Waals surface area contributed by atoms with Crippen molar-refractivity contribution in [1.82, 2.24) is 0 Å². The summed E-state index contributed by atoms with van der Waals surface area (Å²) in [5.74, 6) is -1.63. The number of nitrogens with one attached hydrogen (secondary N) is 1. The molecule has 3 rings (SSSR count). The van der Waals surface area contributed by atoms with Gasteiger partial charge in [-0.05, 0) is 74.1 Å². The van der Waals surface area contributed by atoms with Crippen LogP contribution in [0.1, 0.15) is 40.4 Å². The van der Waals surface area contributed by atoms with Crippen LogP contribution >= 0.6 is 0 Å². The molecule has 1 atom stereocenters. The maximum Gasteiger partial charge on any atom is 0.339 e. The van der Waals surface area contributed by atoms with Crippen LogP contribution in [0.15, 0.2) is 36.4 Å². The molecule has 2 aromatic carbocycles. The van der Waals surface area contributed by atoms with Gasteiger partial charge in [0.1, 0.15) is 5.82 Å². The van der Waals surface area contributed by atoms with Gasteiger partial charge in [0, 0.05) is 5.69 Å². The molecule has 130 valence electrons. The lowest BCUT2D eigenvalue weighted by molar-refractivity contribution is -0.123. The van der Waals surface area contributed by atoms with Gasteiger partial charge in [-0.1, -0.05) is 12.1 Å². The Morgan fingerprint density at radius 3 is 2.64 bits per heavy atom. The summed E-state index contributed by atoms with van der Waals surface area (Å²) in [7, 11) is 0. The van der Waals surface area contributed by atoms with Crippen molar-refractivity contribution in [2.24, 2.45) is 0 Å². The number of halogens is 1. The molecular weight excluding hydrogens is 321 g/mol. The van der Waals surface area contributed by atoms with E-state index in [1.807, 2.05) is 18.2 Å². The van der Waals surface area contributed by atoms with Crippen LogP contribution in [0.5, 0.6) is 0 Å². The van der Waals surface area contributed by atoms with Gasteiger partial charge in [-0.2, -0.15) is 0 Å². The zero-order valence-electron chi connectivity index (χ0n) is 14.3. The van der Waals surface area contributed by atoms with Crippen LogP contribution in [0, 0.1) is 12.7 Å². The Kier molecular flexibility index (Phi) is 4.83. The molecule has 0 saturated carbocycles. The Morgan fingerprint density at radius 1 is 1.12 bits per heavy atom. The summed E-state index contributed by atoms with van der Waals surface area (Å²) in [6.07, 6.45) is 2.24. The van der Waals surface area contributed by atoms with E-state index in [9.17, 15) is 14.0 Å². The summed E-state index contributed by atoms with van der Waals surface area (Å²) in [4.78, 5) is 24.3. The smallest absolute Gasteiger partial charge is 0.339 e. The zero-order chi connectivity index (χ0) is 18.0. The summed E-state index contributed by atoms with van der Waals surface area (Å²) in [6, 6.07) is 9.93. The van der Waals surface area contributed by atoms with Gasteiger partial charge in [-0.3, -0.25) is 4.79 Å². The summed E-state index contributed by atoms with van der Waals surface area (Å²) < 4.78 is 18.7. The number of carbonyl (C=O) groups excluding carboxylic acids is 2. The van der Waals surface area contributed by atoms with Crippen LogP contribution in [0.25, 0.3) is 0 Å². The van der Waals surface area contributed by atoms with E-state index in [0.717, 1.165) is 25.3 Å². The third-order valence-electron chi connectivity index (χ3n) is 4.43. The minimum absolute atomic E-state index is 0.0836. The molecule has 2 aromatic rings. The number of ether oxygens (including phenoxy) is 1. The van der Waals surface area contributed by atoms with Gasteiger partial charge in [-0.25, -0.2) is 9.18 Å². The molecule has 1 aliphatic rings. The quantitative estimate of drug-likeness (QED) is 0.861. The topological polar surface area (TPSA) is 55.4 Å². The molecule has 0 heterocycles. The molecule has 0 fully saturated rings. The predicted molar refractivity (Wildman–Crippen MR) is 93.1 cm³/mol. The van der Waals surface area contributed by atoms with Gasteiger partial charge >= 0.3 is 5.97 Å². The van der Waals surface area contributed by atoms with E-state index in [-0.39, 0.29) is 5.56 Å². The molecule has 1 aliphatic carbocycles. The summed E-state index contributed by atoms with van der Waals surface area (Å²) in [6.45, 7) is 3.10. The highest BCUT2D eigenvalue weighted by Crippen LogP contribution is 2.25. The van der Waals surface area contributed by atoms with Crippen LogP contribution in [-0.2, 0) is 22.4 Å². The monoisotopic (exact) mass is 341 g/mol. The molecule has 25 heavy (non-hydrogen) atoms. The van der Waals surface area contributed by atoms with E-state index in [2.05, 4.69) is 5.32 Å². The third kappa shape index (κ3) is 3.87. The molecule has 0 radical (unpaired) electrons. The molecule has 0 aromatic heterocycles. The van der Waals surface area contributed by atoms with Crippen molar-refractivity contribution in [3.05, 3.63) is 64.5 Å². The van der Waals surface area contributed by atoms with Crippen LogP contribution in [0.4, 0.5) is 10.1 Å². The highest BCUT2D eigenvalue weighted by atomic mass is 19.1. The molecule has 0 spiro atoms. The van der Waals surface area contributed by atoms with Crippen molar-refractivity contribution in [1.29, 1.82) is 0 Å². The predicted octanol–water partition coefficient (Wildman–Crippen LogP) is 3.81. The Hall–Kier alpha value is -2.69. The Balaban J connectivity index is 1.62. The minimum atomic E-state index is -0.981. The molecular formula is C20H20FNO3. The summed E-state index contributed by atoms with van der Waals surface area (Å²) in [5, 5.41) is 2.76. The lowest BCUT2D eigenvalue weighted by atomic mass is 10.1. The van der Waals surface area contributed by atoms with Gasteiger partial charge in [0.15, 0.2) is 6.10 Å². The lowest BCUT2D eigenvalue weighted by Gasteiger charge is -2.14. The van der Waals surface area contributed by atoms with Crippen molar-refractivity contribution in [2.75, 3.05) is 5.32 Å². The lowest BCUT2D eigenvalue weighted by Crippen LogP contribution is -2.30. The molecule has 1 amide bonds. The number of rotatable bonds is 4. The fraction of sp³-hybridized carbons (Fsp3) is 0.300. The first kappa shape index (κ1) is 17.1. The molecule has 1 N–H and O–H groups in total. The highest BCUT2D eigenvalue weighted by Gasteiger charge is 2.20. The number of amides is 1. The third-order valence-corrected chi connectivity index (χ3v) is 4.43. The number of hydrogen-bond donors (Lipinski definition) is 1. The van der Waals surface area contributed by atoms with Crippen LogP contribution in [0.2, 0.25) is 0 Å². The molecule has 0 saturated heterocycles. The van der Waals surface area contributed by atoms with Gasteiger partial charge in [0.2, 0.25) is 0 Å². The number of anilines is 1. The molecule has 0 unspecified atom stereocenters. The van der Waals surface area contributed by atoms with Crippen molar-refractivity contribution in [3.63, 3.8) is 0 Å².